The van der Waals surface area contributed by atoms with Crippen LogP contribution in [0.5, 0.6) is 5.75 Å². The molecule has 0 saturated carbocycles. The lowest BCUT2D eigenvalue weighted by Crippen LogP contribution is -2.32. The molecule has 2 amide bonds. The van der Waals surface area contributed by atoms with Crippen LogP contribution in [0, 0.1) is 6.92 Å². The number of hydrazone groups is 1. The minimum absolute atomic E-state index is 0.198. The Labute approximate surface area is 237 Å². The van der Waals surface area contributed by atoms with Gasteiger partial charge in [0.05, 0.1) is 23.9 Å². The summed E-state index contributed by atoms with van der Waals surface area (Å²) in [6.45, 7) is 3.72. The quantitative estimate of drug-likeness (QED) is 0.125. The van der Waals surface area contributed by atoms with Crippen LogP contribution in [0.15, 0.2) is 52.0 Å². The number of rotatable bonds is 7. The molecule has 2 N–H and O–H groups in total. The van der Waals surface area contributed by atoms with Crippen LogP contribution in [0.4, 0.5) is 5.00 Å². The molecular weight excluding hydrogens is 586 g/mol. The minimum Gasteiger partial charge on any atom is -0.462 e. The Morgan fingerprint density at radius 1 is 1.05 bits per heavy atom. The summed E-state index contributed by atoms with van der Waals surface area (Å²) in [6.07, 6.45) is 4.73. The number of hydrogen-bond acceptors (Lipinski definition) is 8. The number of esters is 2. The van der Waals surface area contributed by atoms with Crippen molar-refractivity contribution in [1.82, 2.24) is 5.43 Å². The highest BCUT2D eigenvalue weighted by molar-refractivity contribution is 9.10. The second-order valence-electron chi connectivity index (χ2n) is 8.68. The van der Waals surface area contributed by atoms with Crippen molar-refractivity contribution < 1.29 is 28.7 Å². The van der Waals surface area contributed by atoms with Crippen molar-refractivity contribution in [3.8, 4) is 5.75 Å². The van der Waals surface area contributed by atoms with Crippen molar-refractivity contribution in [3.63, 3.8) is 0 Å². The van der Waals surface area contributed by atoms with E-state index in [0.29, 0.717) is 26.2 Å². The van der Waals surface area contributed by atoms with Crippen molar-refractivity contribution >= 4 is 62.2 Å². The molecule has 0 aliphatic heterocycles. The molecule has 1 heterocycles. The van der Waals surface area contributed by atoms with E-state index >= 15 is 0 Å². The van der Waals surface area contributed by atoms with Gasteiger partial charge in [0.1, 0.15) is 10.8 Å². The lowest BCUT2D eigenvalue weighted by atomic mass is 9.95. The smallest absolute Gasteiger partial charge is 0.343 e. The van der Waals surface area contributed by atoms with Gasteiger partial charge in [-0.05, 0) is 74.9 Å². The molecule has 0 fully saturated rings. The minimum atomic E-state index is -1.03. The normalized spacial score (nSPS) is 12.5. The lowest BCUT2D eigenvalue weighted by Gasteiger charge is -2.12. The van der Waals surface area contributed by atoms with Crippen LogP contribution in [0.1, 0.15) is 62.0 Å². The number of thiophene rings is 1. The molecule has 9 nitrogen and oxygen atoms in total. The molecule has 0 atom stereocenters. The first-order valence-electron chi connectivity index (χ1n) is 12.3. The zero-order valence-electron chi connectivity index (χ0n) is 21.3. The Bertz CT molecular complexity index is 1470. The fourth-order valence-electron chi connectivity index (χ4n) is 4.11. The van der Waals surface area contributed by atoms with Crippen LogP contribution in [-0.4, -0.2) is 36.6 Å². The number of halogens is 1. The Balaban J connectivity index is 1.45. The third kappa shape index (κ3) is 6.79. The molecule has 3 aromatic rings. The van der Waals surface area contributed by atoms with Gasteiger partial charge in [0.2, 0.25) is 0 Å². The molecule has 0 bridgehead atoms. The van der Waals surface area contributed by atoms with E-state index in [1.54, 1.807) is 37.3 Å². The molecule has 0 unspecified atom stereocenters. The molecule has 1 aliphatic rings. The second kappa shape index (κ2) is 12.8. The van der Waals surface area contributed by atoms with Gasteiger partial charge in [0.15, 0.2) is 0 Å². The summed E-state index contributed by atoms with van der Waals surface area (Å²) in [5, 5.41) is 6.70. The highest BCUT2D eigenvalue weighted by atomic mass is 79.9. The van der Waals surface area contributed by atoms with E-state index in [1.165, 1.54) is 17.6 Å². The summed E-state index contributed by atoms with van der Waals surface area (Å²) in [5.41, 5.74) is 4.95. The zero-order valence-corrected chi connectivity index (χ0v) is 23.7. The van der Waals surface area contributed by atoms with Crippen LogP contribution in [0.25, 0.3) is 0 Å². The maximum absolute atomic E-state index is 12.7. The molecule has 1 aromatic heterocycles. The number of carbonyl (C=O) groups is 4. The standard InChI is InChI=1S/C28H26BrN3O6S/c1-3-37-28(36)23-20-10-6-7-11-22(20)39-26(23)31-24(33)25(34)32-30-15-17-14-18(29)12-13-21(17)38-27(35)19-9-5-4-8-16(19)2/h4-5,8-9,12-15H,3,6-7,10-11H2,1-2H3,(H,31,33)(H,32,34). The number of nitrogens with one attached hydrogen (secondary N) is 2. The van der Waals surface area contributed by atoms with Crippen molar-refractivity contribution in [3.05, 3.63) is 79.6 Å². The highest BCUT2D eigenvalue weighted by Gasteiger charge is 2.28. The number of anilines is 1. The summed E-state index contributed by atoms with van der Waals surface area (Å²) in [4.78, 5) is 51.4. The molecule has 39 heavy (non-hydrogen) atoms. The largest absolute Gasteiger partial charge is 0.462 e. The third-order valence-corrected chi connectivity index (χ3v) is 7.69. The summed E-state index contributed by atoms with van der Waals surface area (Å²) in [7, 11) is 0. The fraction of sp³-hybridized carbons (Fsp3) is 0.250. The van der Waals surface area contributed by atoms with E-state index in [9.17, 15) is 19.2 Å². The van der Waals surface area contributed by atoms with Crippen LogP contribution in [0.3, 0.4) is 0 Å². The summed E-state index contributed by atoms with van der Waals surface area (Å²) >= 11 is 4.65. The van der Waals surface area contributed by atoms with Crippen LogP contribution in [0.2, 0.25) is 0 Å². The monoisotopic (exact) mass is 611 g/mol. The second-order valence-corrected chi connectivity index (χ2v) is 10.7. The van der Waals surface area contributed by atoms with E-state index in [0.717, 1.165) is 41.7 Å². The summed E-state index contributed by atoms with van der Waals surface area (Å²) < 4.78 is 11.4. The molecule has 1 aliphatic carbocycles. The van der Waals surface area contributed by atoms with Crippen molar-refractivity contribution in [1.29, 1.82) is 0 Å². The molecule has 4 rings (SSSR count). The molecular formula is C28H26BrN3O6S. The Hall–Kier alpha value is -3.83. The maximum atomic E-state index is 12.7. The number of benzene rings is 2. The van der Waals surface area contributed by atoms with Gasteiger partial charge in [-0.2, -0.15) is 5.10 Å². The van der Waals surface area contributed by atoms with E-state index < -0.39 is 23.8 Å². The number of aryl methyl sites for hydroxylation is 2. The zero-order chi connectivity index (χ0) is 27.9. The van der Waals surface area contributed by atoms with Gasteiger partial charge in [-0.3, -0.25) is 9.59 Å². The van der Waals surface area contributed by atoms with Crippen LogP contribution in [-0.2, 0) is 27.2 Å². The van der Waals surface area contributed by atoms with Crippen molar-refractivity contribution in [2.24, 2.45) is 5.10 Å². The Kier molecular flexibility index (Phi) is 9.26. The van der Waals surface area contributed by atoms with E-state index in [1.807, 2.05) is 19.1 Å². The van der Waals surface area contributed by atoms with Crippen LogP contribution < -0.4 is 15.5 Å². The fourth-order valence-corrected chi connectivity index (χ4v) is 5.77. The van der Waals surface area contributed by atoms with Gasteiger partial charge in [-0.25, -0.2) is 15.0 Å². The first kappa shape index (κ1) is 28.2. The average molecular weight is 613 g/mol. The molecule has 2 aromatic carbocycles. The van der Waals surface area contributed by atoms with Crippen molar-refractivity contribution in [2.45, 2.75) is 39.5 Å². The molecule has 0 radical (unpaired) electrons. The number of ether oxygens (including phenoxy) is 2. The van der Waals surface area contributed by atoms with Gasteiger partial charge in [-0.15, -0.1) is 11.3 Å². The lowest BCUT2D eigenvalue weighted by molar-refractivity contribution is -0.136. The first-order valence-corrected chi connectivity index (χ1v) is 13.9. The Morgan fingerprint density at radius 2 is 1.82 bits per heavy atom. The predicted molar refractivity (Wildman–Crippen MR) is 152 cm³/mol. The molecule has 0 saturated heterocycles. The van der Waals surface area contributed by atoms with Gasteiger partial charge in [0, 0.05) is 14.9 Å². The number of nitrogens with zero attached hydrogens (tertiary/aromatic N) is 1. The van der Waals surface area contributed by atoms with E-state index in [-0.39, 0.29) is 12.4 Å². The van der Waals surface area contributed by atoms with Crippen LogP contribution >= 0.6 is 27.3 Å². The third-order valence-electron chi connectivity index (χ3n) is 5.99. The predicted octanol–water partition coefficient (Wildman–Crippen LogP) is 5.18. The summed E-state index contributed by atoms with van der Waals surface area (Å²) in [6, 6.07) is 12.0. The number of fused-ring (bicyclic) bond motifs is 1. The topological polar surface area (TPSA) is 123 Å². The van der Waals surface area contributed by atoms with E-state index in [4.69, 9.17) is 9.47 Å². The number of amides is 2. The molecule has 11 heteroatoms. The molecule has 202 valence electrons. The summed E-state index contributed by atoms with van der Waals surface area (Å²) in [5.74, 6) is -2.84. The van der Waals surface area contributed by atoms with E-state index in [2.05, 4.69) is 31.8 Å². The maximum Gasteiger partial charge on any atom is 0.343 e. The highest BCUT2D eigenvalue weighted by Crippen LogP contribution is 2.38. The van der Waals surface area contributed by atoms with Gasteiger partial charge >= 0.3 is 23.8 Å². The van der Waals surface area contributed by atoms with Crippen molar-refractivity contribution in [2.75, 3.05) is 11.9 Å². The first-order chi connectivity index (χ1) is 18.8. The Morgan fingerprint density at radius 3 is 2.59 bits per heavy atom. The van der Waals surface area contributed by atoms with Gasteiger partial charge in [0.25, 0.3) is 0 Å². The van der Waals surface area contributed by atoms with Gasteiger partial charge in [-0.1, -0.05) is 34.1 Å². The molecule has 0 spiro atoms. The number of hydrogen-bond donors (Lipinski definition) is 2. The van der Waals surface area contributed by atoms with Gasteiger partial charge < -0.3 is 14.8 Å². The average Bonchev–Trinajstić information content (AvgIpc) is 3.28. The SMILES string of the molecule is CCOC(=O)c1c(NC(=O)C(=O)NN=Cc2cc(Br)ccc2OC(=O)c2ccccc2C)sc2c1CCCC2. The number of carbonyl (C=O) groups excluding carboxylic acids is 4.